The zero-order valence-electron chi connectivity index (χ0n) is 12.2. The SMILES string of the molecule is CSC1CCC(NS(=O)(=O)c2cc(Cl)cc(CN)c2C)C1. The highest BCUT2D eigenvalue weighted by Gasteiger charge is 2.29. The maximum Gasteiger partial charge on any atom is 0.241 e. The van der Waals surface area contributed by atoms with Gasteiger partial charge in [0.05, 0.1) is 4.90 Å². The lowest BCUT2D eigenvalue weighted by Crippen LogP contribution is -2.33. The van der Waals surface area contributed by atoms with Crippen LogP contribution in [0, 0.1) is 6.92 Å². The van der Waals surface area contributed by atoms with Crippen molar-refractivity contribution in [2.45, 2.75) is 48.9 Å². The maximum atomic E-state index is 12.6. The zero-order chi connectivity index (χ0) is 15.6. The molecule has 0 saturated heterocycles. The van der Waals surface area contributed by atoms with Crippen LogP contribution in [0.15, 0.2) is 17.0 Å². The molecule has 2 rings (SSSR count). The van der Waals surface area contributed by atoms with Crippen molar-refractivity contribution in [1.29, 1.82) is 0 Å². The molecule has 3 N–H and O–H groups in total. The second kappa shape index (κ2) is 6.87. The van der Waals surface area contributed by atoms with Gasteiger partial charge in [-0.05, 0) is 55.7 Å². The van der Waals surface area contributed by atoms with E-state index >= 15 is 0 Å². The van der Waals surface area contributed by atoms with Crippen molar-refractivity contribution in [2.24, 2.45) is 5.73 Å². The van der Waals surface area contributed by atoms with Crippen LogP contribution < -0.4 is 10.5 Å². The number of hydrogen-bond acceptors (Lipinski definition) is 4. The Kier molecular flexibility index (Phi) is 5.59. The summed E-state index contributed by atoms with van der Waals surface area (Å²) in [6.07, 6.45) is 4.88. The average Bonchev–Trinajstić information content (AvgIpc) is 2.87. The van der Waals surface area contributed by atoms with Crippen LogP contribution in [0.25, 0.3) is 0 Å². The number of benzene rings is 1. The van der Waals surface area contributed by atoms with E-state index in [-0.39, 0.29) is 17.5 Å². The van der Waals surface area contributed by atoms with E-state index in [0.29, 0.717) is 15.8 Å². The van der Waals surface area contributed by atoms with Gasteiger partial charge in [-0.3, -0.25) is 0 Å². The topological polar surface area (TPSA) is 72.2 Å². The van der Waals surface area contributed by atoms with E-state index in [1.807, 2.05) is 0 Å². The predicted molar refractivity (Wildman–Crippen MR) is 89.3 cm³/mol. The minimum absolute atomic E-state index is 0.00663. The molecule has 0 aromatic heterocycles. The molecule has 1 aliphatic rings. The van der Waals surface area contributed by atoms with Crippen molar-refractivity contribution in [1.82, 2.24) is 4.72 Å². The molecule has 2 unspecified atom stereocenters. The lowest BCUT2D eigenvalue weighted by Gasteiger charge is -2.16. The summed E-state index contributed by atoms with van der Waals surface area (Å²) in [5.74, 6) is 0. The number of hydrogen-bond donors (Lipinski definition) is 2. The van der Waals surface area contributed by atoms with Crippen molar-refractivity contribution in [2.75, 3.05) is 6.26 Å². The predicted octanol–water partition coefficient (Wildman–Crippen LogP) is 2.67. The monoisotopic (exact) mass is 348 g/mol. The fourth-order valence-corrected chi connectivity index (χ4v) is 5.44. The second-order valence-electron chi connectivity index (χ2n) is 5.38. The quantitative estimate of drug-likeness (QED) is 0.858. The van der Waals surface area contributed by atoms with E-state index in [4.69, 9.17) is 17.3 Å². The standard InChI is InChI=1S/C14H21ClN2O2S2/c1-9-10(8-16)5-11(15)6-14(9)21(18,19)17-12-3-4-13(7-12)20-2/h5-6,12-13,17H,3-4,7-8,16H2,1-2H3. The first-order chi connectivity index (χ1) is 9.87. The van der Waals surface area contributed by atoms with Gasteiger partial charge in [0.15, 0.2) is 0 Å². The smallest absolute Gasteiger partial charge is 0.241 e. The van der Waals surface area contributed by atoms with Gasteiger partial charge in [-0.15, -0.1) is 0 Å². The molecule has 0 spiro atoms. The fraction of sp³-hybridized carbons (Fsp3) is 0.571. The Labute approximate surface area is 135 Å². The van der Waals surface area contributed by atoms with Crippen LogP contribution in [0.3, 0.4) is 0 Å². The van der Waals surface area contributed by atoms with E-state index in [1.165, 1.54) is 6.07 Å². The molecule has 21 heavy (non-hydrogen) atoms. The molecule has 0 bridgehead atoms. The van der Waals surface area contributed by atoms with Crippen LogP contribution in [-0.4, -0.2) is 26.0 Å². The Morgan fingerprint density at radius 1 is 1.43 bits per heavy atom. The molecule has 0 radical (unpaired) electrons. The molecule has 0 aliphatic heterocycles. The number of thioether (sulfide) groups is 1. The van der Waals surface area contributed by atoms with Gasteiger partial charge < -0.3 is 5.73 Å². The van der Waals surface area contributed by atoms with Gasteiger partial charge in [-0.25, -0.2) is 13.1 Å². The van der Waals surface area contributed by atoms with Crippen molar-refractivity contribution in [3.63, 3.8) is 0 Å². The molecule has 118 valence electrons. The number of rotatable bonds is 5. The van der Waals surface area contributed by atoms with E-state index in [9.17, 15) is 8.42 Å². The maximum absolute atomic E-state index is 12.6. The average molecular weight is 349 g/mol. The summed E-state index contributed by atoms with van der Waals surface area (Å²) < 4.78 is 28.0. The third-order valence-corrected chi connectivity index (χ3v) is 6.94. The molecule has 4 nitrogen and oxygen atoms in total. The molecular formula is C14H21ClN2O2S2. The van der Waals surface area contributed by atoms with Crippen molar-refractivity contribution in [3.8, 4) is 0 Å². The van der Waals surface area contributed by atoms with Crippen LogP contribution in [0.4, 0.5) is 0 Å². The molecular weight excluding hydrogens is 328 g/mol. The van der Waals surface area contributed by atoms with Crippen LogP contribution in [0.5, 0.6) is 0 Å². The highest BCUT2D eigenvalue weighted by Crippen LogP contribution is 2.30. The Balaban J connectivity index is 2.26. The Morgan fingerprint density at radius 2 is 2.14 bits per heavy atom. The number of sulfonamides is 1. The van der Waals surface area contributed by atoms with E-state index in [1.54, 1.807) is 24.8 Å². The fourth-order valence-electron chi connectivity index (χ4n) is 2.74. The third-order valence-electron chi connectivity index (χ3n) is 3.98. The number of halogens is 1. The van der Waals surface area contributed by atoms with Crippen LogP contribution in [-0.2, 0) is 16.6 Å². The van der Waals surface area contributed by atoms with Crippen molar-refractivity contribution < 1.29 is 8.42 Å². The summed E-state index contributed by atoms with van der Waals surface area (Å²) in [6.45, 7) is 2.04. The molecule has 2 atom stereocenters. The summed E-state index contributed by atoms with van der Waals surface area (Å²) in [5, 5.41) is 0.938. The minimum Gasteiger partial charge on any atom is -0.326 e. The Bertz CT molecular complexity index is 620. The summed E-state index contributed by atoms with van der Waals surface area (Å²) in [6, 6.07) is 3.22. The number of nitrogens with two attached hydrogens (primary N) is 1. The largest absolute Gasteiger partial charge is 0.326 e. The van der Waals surface area contributed by atoms with Gasteiger partial charge >= 0.3 is 0 Å². The lowest BCUT2D eigenvalue weighted by molar-refractivity contribution is 0.552. The highest BCUT2D eigenvalue weighted by atomic mass is 35.5. The number of nitrogens with one attached hydrogen (secondary N) is 1. The molecule has 1 aromatic carbocycles. The normalized spacial score (nSPS) is 22.7. The van der Waals surface area contributed by atoms with Gasteiger partial charge in [0.1, 0.15) is 0 Å². The summed E-state index contributed by atoms with van der Waals surface area (Å²) in [4.78, 5) is 0.239. The summed E-state index contributed by atoms with van der Waals surface area (Å²) in [5.41, 5.74) is 7.09. The first-order valence-electron chi connectivity index (χ1n) is 6.91. The van der Waals surface area contributed by atoms with Crippen LogP contribution in [0.2, 0.25) is 5.02 Å². The highest BCUT2D eigenvalue weighted by molar-refractivity contribution is 7.99. The molecule has 0 heterocycles. The van der Waals surface area contributed by atoms with E-state index in [0.717, 1.165) is 24.8 Å². The van der Waals surface area contributed by atoms with Gasteiger partial charge in [0.2, 0.25) is 10.0 Å². The molecule has 1 fully saturated rings. The third kappa shape index (κ3) is 3.93. The first-order valence-corrected chi connectivity index (χ1v) is 10.1. The van der Waals surface area contributed by atoms with Gasteiger partial charge in [-0.2, -0.15) is 11.8 Å². The zero-order valence-corrected chi connectivity index (χ0v) is 14.6. The molecule has 0 amide bonds. The molecule has 1 aromatic rings. The Morgan fingerprint density at radius 3 is 2.71 bits per heavy atom. The van der Waals surface area contributed by atoms with Crippen molar-refractivity contribution in [3.05, 3.63) is 28.3 Å². The molecule has 7 heteroatoms. The minimum atomic E-state index is -3.56. The van der Waals surface area contributed by atoms with Crippen LogP contribution in [0.1, 0.15) is 30.4 Å². The summed E-state index contributed by atoms with van der Waals surface area (Å²) >= 11 is 7.82. The van der Waals surface area contributed by atoms with E-state index < -0.39 is 10.0 Å². The molecule has 1 aliphatic carbocycles. The van der Waals surface area contributed by atoms with E-state index in [2.05, 4.69) is 11.0 Å². The van der Waals surface area contributed by atoms with Crippen molar-refractivity contribution >= 4 is 33.4 Å². The summed E-state index contributed by atoms with van der Waals surface area (Å²) in [7, 11) is -3.56. The Hall–Kier alpha value is -0.270. The van der Waals surface area contributed by atoms with Gasteiger partial charge in [0, 0.05) is 22.9 Å². The van der Waals surface area contributed by atoms with Gasteiger partial charge in [-0.1, -0.05) is 11.6 Å². The van der Waals surface area contributed by atoms with Crippen LogP contribution >= 0.6 is 23.4 Å². The van der Waals surface area contributed by atoms with Gasteiger partial charge in [0.25, 0.3) is 0 Å². The second-order valence-corrected chi connectivity index (χ2v) is 8.64. The lowest BCUT2D eigenvalue weighted by atomic mass is 10.1. The first kappa shape index (κ1) is 17.1. The molecule has 1 saturated carbocycles.